The Kier molecular flexibility index (Phi) is 10.8. The van der Waals surface area contributed by atoms with Gasteiger partial charge in [-0.25, -0.2) is 8.42 Å². The molecule has 0 saturated carbocycles. The number of amides is 2. The smallest absolute Gasteiger partial charge is 0.244 e. The number of anilines is 1. The summed E-state index contributed by atoms with van der Waals surface area (Å²) in [6.45, 7) is 5.45. The summed E-state index contributed by atoms with van der Waals surface area (Å²) >= 11 is 2.13. The first kappa shape index (κ1) is 28.9. The topological polar surface area (TPSA) is 96.0 Å². The normalized spacial score (nSPS) is 13.0. The van der Waals surface area contributed by atoms with Crippen LogP contribution in [0.2, 0.25) is 0 Å². The Hall–Kier alpha value is -2.34. The van der Waals surface area contributed by atoms with Crippen molar-refractivity contribution in [2.45, 2.75) is 52.2 Å². The van der Waals surface area contributed by atoms with Crippen molar-refractivity contribution in [3.63, 3.8) is 0 Å². The van der Waals surface area contributed by atoms with Gasteiger partial charge in [-0.3, -0.25) is 13.9 Å². The number of carbonyl (C=O) groups excluding carboxylic acids is 2. The predicted molar refractivity (Wildman–Crippen MR) is 147 cm³/mol. The Morgan fingerprint density at radius 2 is 1.63 bits per heavy atom. The van der Waals surface area contributed by atoms with E-state index in [9.17, 15) is 18.0 Å². The molecule has 0 bridgehead atoms. The third kappa shape index (κ3) is 8.38. The van der Waals surface area contributed by atoms with E-state index in [1.54, 1.807) is 43.5 Å². The molecule has 0 aromatic heterocycles. The second-order valence-electron chi connectivity index (χ2n) is 8.36. The lowest BCUT2D eigenvalue weighted by Crippen LogP contribution is -2.53. The fraction of sp³-hybridized carbons (Fsp3) is 0.440. The molecule has 2 aromatic rings. The van der Waals surface area contributed by atoms with Crippen molar-refractivity contribution in [2.75, 3.05) is 24.2 Å². The lowest BCUT2D eigenvalue weighted by atomic mass is 10.1. The summed E-state index contributed by atoms with van der Waals surface area (Å²) in [5.41, 5.74) is 1.19. The molecule has 0 fully saturated rings. The molecule has 0 radical (unpaired) electrons. The number of benzene rings is 2. The zero-order valence-corrected chi connectivity index (χ0v) is 23.8. The first-order valence-electron chi connectivity index (χ1n) is 11.5. The maximum atomic E-state index is 13.6. The first-order valence-corrected chi connectivity index (χ1v) is 14.4. The van der Waals surface area contributed by atoms with Gasteiger partial charge >= 0.3 is 0 Å². The van der Waals surface area contributed by atoms with Crippen LogP contribution in [0, 0.1) is 3.57 Å². The van der Waals surface area contributed by atoms with Crippen LogP contribution in [0.4, 0.5) is 5.69 Å². The van der Waals surface area contributed by atoms with Crippen molar-refractivity contribution in [1.82, 2.24) is 10.2 Å². The van der Waals surface area contributed by atoms with E-state index in [1.165, 1.54) is 4.90 Å². The molecule has 0 aliphatic rings. The van der Waals surface area contributed by atoms with E-state index in [4.69, 9.17) is 4.74 Å². The summed E-state index contributed by atoms with van der Waals surface area (Å²) in [4.78, 5) is 28.2. The van der Waals surface area contributed by atoms with Crippen LogP contribution in [0.5, 0.6) is 5.75 Å². The van der Waals surface area contributed by atoms with E-state index in [-0.39, 0.29) is 18.5 Å². The number of methoxy groups -OCH3 is 1. The van der Waals surface area contributed by atoms with Crippen molar-refractivity contribution in [1.29, 1.82) is 0 Å². The SMILES string of the molecule is CC[C@@H](C)NC(=O)[C@@H](CC)N(Cc1ccc(OC)cc1)C(=O)CN(c1ccc(I)cc1)S(C)(=O)=O. The Morgan fingerprint density at radius 1 is 1.03 bits per heavy atom. The van der Waals surface area contributed by atoms with Crippen molar-refractivity contribution in [3.8, 4) is 5.75 Å². The molecule has 0 spiro atoms. The van der Waals surface area contributed by atoms with Gasteiger partial charge < -0.3 is 15.0 Å². The van der Waals surface area contributed by atoms with Crippen LogP contribution in [0.3, 0.4) is 0 Å². The number of halogens is 1. The highest BCUT2D eigenvalue weighted by atomic mass is 127. The second kappa shape index (κ2) is 13.1. The minimum absolute atomic E-state index is 0.0474. The minimum atomic E-state index is -3.75. The molecule has 2 aromatic carbocycles. The van der Waals surface area contributed by atoms with Gasteiger partial charge in [0.2, 0.25) is 21.8 Å². The fourth-order valence-corrected chi connectivity index (χ4v) is 4.72. The molecule has 2 amide bonds. The number of hydrogen-bond acceptors (Lipinski definition) is 5. The largest absolute Gasteiger partial charge is 0.497 e. The van der Waals surface area contributed by atoms with Crippen molar-refractivity contribution in [3.05, 3.63) is 57.7 Å². The molecule has 35 heavy (non-hydrogen) atoms. The third-order valence-electron chi connectivity index (χ3n) is 5.69. The summed E-state index contributed by atoms with van der Waals surface area (Å²) < 4.78 is 32.5. The quantitative estimate of drug-likeness (QED) is 0.367. The highest BCUT2D eigenvalue weighted by Crippen LogP contribution is 2.21. The van der Waals surface area contributed by atoms with E-state index < -0.39 is 28.5 Å². The molecule has 8 nitrogen and oxygen atoms in total. The van der Waals surface area contributed by atoms with E-state index in [1.807, 2.05) is 32.9 Å². The van der Waals surface area contributed by atoms with Crippen molar-refractivity contribution < 1.29 is 22.7 Å². The average molecular weight is 616 g/mol. The number of carbonyl (C=O) groups is 2. The summed E-state index contributed by atoms with van der Waals surface area (Å²) in [5, 5.41) is 2.96. The van der Waals surface area contributed by atoms with E-state index in [0.29, 0.717) is 17.9 Å². The molecule has 2 rings (SSSR count). The monoisotopic (exact) mass is 615 g/mol. The Bertz CT molecular complexity index is 1090. The van der Waals surface area contributed by atoms with Crippen LogP contribution in [-0.2, 0) is 26.2 Å². The van der Waals surface area contributed by atoms with E-state index in [2.05, 4.69) is 27.9 Å². The van der Waals surface area contributed by atoms with Gasteiger partial charge in [-0.2, -0.15) is 0 Å². The van der Waals surface area contributed by atoms with Gasteiger partial charge in [0.25, 0.3) is 0 Å². The zero-order chi connectivity index (χ0) is 26.2. The third-order valence-corrected chi connectivity index (χ3v) is 7.55. The Labute approximate surface area is 222 Å². The molecule has 0 aliphatic heterocycles. The number of hydrogen-bond donors (Lipinski definition) is 1. The number of sulfonamides is 1. The lowest BCUT2D eigenvalue weighted by molar-refractivity contribution is -0.140. The zero-order valence-electron chi connectivity index (χ0n) is 20.8. The van der Waals surface area contributed by atoms with Gasteiger partial charge in [-0.15, -0.1) is 0 Å². The van der Waals surface area contributed by atoms with Gasteiger partial charge in [-0.05, 0) is 84.3 Å². The van der Waals surface area contributed by atoms with Gasteiger partial charge in [0, 0.05) is 16.2 Å². The van der Waals surface area contributed by atoms with Crippen LogP contribution in [-0.4, -0.2) is 57.1 Å². The molecule has 0 saturated heterocycles. The molecular weight excluding hydrogens is 581 g/mol. The fourth-order valence-electron chi connectivity index (χ4n) is 3.51. The first-order chi connectivity index (χ1) is 16.5. The summed E-state index contributed by atoms with van der Waals surface area (Å²) in [6, 6.07) is 13.3. The molecule has 0 aliphatic carbocycles. The van der Waals surface area contributed by atoms with Crippen LogP contribution < -0.4 is 14.4 Å². The summed E-state index contributed by atoms with van der Waals surface area (Å²) in [7, 11) is -2.18. The number of rotatable bonds is 12. The van der Waals surface area contributed by atoms with Gasteiger partial charge in [0.1, 0.15) is 18.3 Å². The lowest BCUT2D eigenvalue weighted by Gasteiger charge is -2.33. The van der Waals surface area contributed by atoms with Gasteiger partial charge in [0.15, 0.2) is 0 Å². The predicted octanol–water partition coefficient (Wildman–Crippen LogP) is 3.79. The minimum Gasteiger partial charge on any atom is -0.497 e. The maximum absolute atomic E-state index is 13.6. The van der Waals surface area contributed by atoms with Crippen molar-refractivity contribution in [2.24, 2.45) is 0 Å². The Morgan fingerprint density at radius 3 is 2.11 bits per heavy atom. The van der Waals surface area contributed by atoms with Gasteiger partial charge in [0.05, 0.1) is 19.1 Å². The molecule has 0 unspecified atom stereocenters. The van der Waals surface area contributed by atoms with Crippen LogP contribution in [0.25, 0.3) is 0 Å². The van der Waals surface area contributed by atoms with E-state index in [0.717, 1.165) is 26.1 Å². The number of nitrogens with zero attached hydrogens (tertiary/aromatic N) is 2. The number of ether oxygens (including phenoxy) is 1. The average Bonchev–Trinajstić information content (AvgIpc) is 2.82. The standard InChI is InChI=1S/C25H34IN3O5S/c1-6-18(3)27-25(31)23(7-2)28(16-19-8-14-22(34-4)15-9-19)24(30)17-29(35(5,32)33)21-12-10-20(26)11-13-21/h8-15,18,23H,6-7,16-17H2,1-5H3,(H,27,31)/t18-,23-/m1/s1. The summed E-state index contributed by atoms with van der Waals surface area (Å²) in [5.74, 6) is -0.0463. The van der Waals surface area contributed by atoms with Crippen LogP contribution in [0.15, 0.2) is 48.5 Å². The summed E-state index contributed by atoms with van der Waals surface area (Å²) in [6.07, 6.45) is 2.20. The molecule has 2 atom stereocenters. The molecule has 10 heteroatoms. The highest BCUT2D eigenvalue weighted by molar-refractivity contribution is 14.1. The molecule has 192 valence electrons. The highest BCUT2D eigenvalue weighted by Gasteiger charge is 2.32. The number of nitrogens with one attached hydrogen (secondary N) is 1. The van der Waals surface area contributed by atoms with Crippen molar-refractivity contribution >= 4 is 50.1 Å². The molecule has 0 heterocycles. The van der Waals surface area contributed by atoms with Crippen LogP contribution >= 0.6 is 22.6 Å². The Balaban J connectivity index is 2.42. The van der Waals surface area contributed by atoms with Gasteiger partial charge in [-0.1, -0.05) is 26.0 Å². The second-order valence-corrected chi connectivity index (χ2v) is 11.5. The molecular formula is C25H34IN3O5S. The van der Waals surface area contributed by atoms with Crippen LogP contribution in [0.1, 0.15) is 39.2 Å². The molecule has 1 N–H and O–H groups in total. The maximum Gasteiger partial charge on any atom is 0.244 e. The van der Waals surface area contributed by atoms with E-state index >= 15 is 0 Å².